The summed E-state index contributed by atoms with van der Waals surface area (Å²) in [5.74, 6) is -0.757. The van der Waals surface area contributed by atoms with Crippen molar-refractivity contribution in [3.05, 3.63) is 59.4 Å². The van der Waals surface area contributed by atoms with Crippen molar-refractivity contribution in [1.82, 2.24) is 4.31 Å². The van der Waals surface area contributed by atoms with Crippen LogP contribution in [0.4, 0.5) is 10.1 Å². The number of sulfonamides is 1. The van der Waals surface area contributed by atoms with Crippen LogP contribution in [0.5, 0.6) is 0 Å². The fourth-order valence-electron chi connectivity index (χ4n) is 3.03. The maximum Gasteiger partial charge on any atom is 0.245 e. The van der Waals surface area contributed by atoms with Gasteiger partial charge in [0, 0.05) is 18.8 Å². The lowest BCUT2D eigenvalue weighted by Crippen LogP contribution is -2.57. The van der Waals surface area contributed by atoms with Gasteiger partial charge >= 0.3 is 0 Å². The van der Waals surface area contributed by atoms with Gasteiger partial charge in [-0.2, -0.15) is 4.31 Å². The zero-order valence-corrected chi connectivity index (χ0v) is 15.8. The Hall–Kier alpha value is -2.25. The molecule has 0 unspecified atom stereocenters. The number of halogens is 1. The Morgan fingerprint density at radius 2 is 1.69 bits per heavy atom. The van der Waals surface area contributed by atoms with Crippen LogP contribution in [-0.4, -0.2) is 37.8 Å². The number of piperazine rings is 1. The van der Waals surface area contributed by atoms with Gasteiger partial charge in [-0.25, -0.2) is 12.8 Å². The summed E-state index contributed by atoms with van der Waals surface area (Å²) in [6, 6.07) is 10.3. The molecule has 0 radical (unpaired) electrons. The predicted octanol–water partition coefficient (Wildman–Crippen LogP) is 2.87. The first-order chi connectivity index (χ1) is 12.2. The maximum atomic E-state index is 13.8. The SMILES string of the molecule is Cc1ccc(S(=O)(=O)N2CCN(c3ccc(C)c(F)c3)C(=O)[C@H]2C)cc1. The van der Waals surface area contributed by atoms with Crippen LogP contribution in [0.1, 0.15) is 18.1 Å². The molecule has 0 saturated carbocycles. The zero-order chi connectivity index (χ0) is 19.1. The molecule has 3 rings (SSSR count). The van der Waals surface area contributed by atoms with Gasteiger partial charge in [-0.05, 0) is 50.6 Å². The Labute approximate surface area is 153 Å². The van der Waals surface area contributed by atoms with E-state index in [2.05, 4.69) is 0 Å². The number of nitrogens with zero attached hydrogens (tertiary/aromatic N) is 2. The molecule has 1 atom stereocenters. The number of amides is 1. The van der Waals surface area contributed by atoms with E-state index in [1.807, 2.05) is 6.92 Å². The second-order valence-corrected chi connectivity index (χ2v) is 8.42. The molecule has 0 spiro atoms. The first-order valence-corrected chi connectivity index (χ1v) is 9.82. The highest BCUT2D eigenvalue weighted by atomic mass is 32.2. The van der Waals surface area contributed by atoms with E-state index in [0.29, 0.717) is 11.3 Å². The highest BCUT2D eigenvalue weighted by Crippen LogP contribution is 2.26. The lowest BCUT2D eigenvalue weighted by Gasteiger charge is -2.38. The minimum absolute atomic E-state index is 0.151. The Morgan fingerprint density at radius 3 is 2.31 bits per heavy atom. The molecule has 0 aliphatic carbocycles. The summed E-state index contributed by atoms with van der Waals surface area (Å²) in [5, 5.41) is 0. The van der Waals surface area contributed by atoms with E-state index >= 15 is 0 Å². The summed E-state index contributed by atoms with van der Waals surface area (Å²) < 4.78 is 40.8. The van der Waals surface area contributed by atoms with Gasteiger partial charge in [0.1, 0.15) is 11.9 Å². The van der Waals surface area contributed by atoms with Gasteiger partial charge < -0.3 is 4.90 Å². The molecule has 2 aromatic rings. The van der Waals surface area contributed by atoms with Crippen LogP contribution >= 0.6 is 0 Å². The summed E-state index contributed by atoms with van der Waals surface area (Å²) in [7, 11) is -3.77. The first-order valence-electron chi connectivity index (χ1n) is 8.38. The molecule has 5 nitrogen and oxygen atoms in total. The van der Waals surface area contributed by atoms with Crippen LogP contribution in [0.25, 0.3) is 0 Å². The summed E-state index contributed by atoms with van der Waals surface area (Å²) in [6.45, 7) is 5.41. The second kappa shape index (κ2) is 6.81. The average Bonchev–Trinajstić information content (AvgIpc) is 2.60. The first kappa shape index (κ1) is 18.5. The largest absolute Gasteiger partial charge is 0.310 e. The van der Waals surface area contributed by atoms with E-state index in [1.165, 1.54) is 15.3 Å². The highest BCUT2D eigenvalue weighted by Gasteiger charge is 2.39. The number of benzene rings is 2. The van der Waals surface area contributed by atoms with Gasteiger partial charge in [-0.3, -0.25) is 4.79 Å². The summed E-state index contributed by atoms with van der Waals surface area (Å²) in [4.78, 5) is 14.4. The predicted molar refractivity (Wildman–Crippen MR) is 98.0 cm³/mol. The monoisotopic (exact) mass is 376 g/mol. The van der Waals surface area contributed by atoms with Gasteiger partial charge in [0.05, 0.1) is 4.90 Å². The minimum atomic E-state index is -3.77. The maximum absolute atomic E-state index is 13.8. The van der Waals surface area contributed by atoms with E-state index in [1.54, 1.807) is 50.2 Å². The lowest BCUT2D eigenvalue weighted by molar-refractivity contribution is -0.123. The lowest BCUT2D eigenvalue weighted by atomic mass is 10.1. The molecular formula is C19H21FN2O3S. The zero-order valence-electron chi connectivity index (χ0n) is 14.9. The topological polar surface area (TPSA) is 57.7 Å². The van der Waals surface area contributed by atoms with E-state index in [-0.39, 0.29) is 23.9 Å². The average molecular weight is 376 g/mol. The van der Waals surface area contributed by atoms with Crippen molar-refractivity contribution in [2.24, 2.45) is 0 Å². The number of hydrogen-bond acceptors (Lipinski definition) is 3. The molecule has 2 aromatic carbocycles. The number of carbonyl (C=O) groups excluding carboxylic acids is 1. The number of rotatable bonds is 3. The van der Waals surface area contributed by atoms with Gasteiger partial charge in [-0.15, -0.1) is 0 Å². The van der Waals surface area contributed by atoms with Crippen molar-refractivity contribution in [1.29, 1.82) is 0 Å². The normalized spacial score (nSPS) is 19.0. The summed E-state index contributed by atoms with van der Waals surface area (Å²) in [5.41, 5.74) is 1.89. The van der Waals surface area contributed by atoms with Crippen LogP contribution in [-0.2, 0) is 14.8 Å². The van der Waals surface area contributed by atoms with Crippen LogP contribution in [0.3, 0.4) is 0 Å². The van der Waals surface area contributed by atoms with Crippen molar-refractivity contribution in [2.45, 2.75) is 31.7 Å². The van der Waals surface area contributed by atoms with Gasteiger partial charge in [-0.1, -0.05) is 23.8 Å². The van der Waals surface area contributed by atoms with Crippen LogP contribution in [0, 0.1) is 19.7 Å². The van der Waals surface area contributed by atoms with E-state index in [4.69, 9.17) is 0 Å². The molecule has 1 heterocycles. The van der Waals surface area contributed by atoms with E-state index in [9.17, 15) is 17.6 Å². The molecule has 0 aromatic heterocycles. The molecule has 0 N–H and O–H groups in total. The Balaban J connectivity index is 1.87. The van der Waals surface area contributed by atoms with E-state index < -0.39 is 21.9 Å². The third kappa shape index (κ3) is 3.24. The third-order valence-electron chi connectivity index (χ3n) is 4.69. The van der Waals surface area contributed by atoms with Gasteiger partial charge in [0.25, 0.3) is 0 Å². The van der Waals surface area contributed by atoms with Crippen LogP contribution < -0.4 is 4.90 Å². The highest BCUT2D eigenvalue weighted by molar-refractivity contribution is 7.89. The van der Waals surface area contributed by atoms with E-state index in [0.717, 1.165) is 5.56 Å². The summed E-state index contributed by atoms with van der Waals surface area (Å²) in [6.07, 6.45) is 0. The molecule has 1 aliphatic heterocycles. The number of aryl methyl sites for hydroxylation is 2. The number of hydrogen-bond donors (Lipinski definition) is 0. The Morgan fingerprint density at radius 1 is 1.04 bits per heavy atom. The van der Waals surface area contributed by atoms with Crippen molar-refractivity contribution in [2.75, 3.05) is 18.0 Å². The molecule has 1 fully saturated rings. The minimum Gasteiger partial charge on any atom is -0.310 e. The molecular weight excluding hydrogens is 355 g/mol. The molecule has 7 heteroatoms. The fraction of sp³-hybridized carbons (Fsp3) is 0.316. The fourth-order valence-corrected chi connectivity index (χ4v) is 4.61. The van der Waals surface area contributed by atoms with Gasteiger partial charge in [0.2, 0.25) is 15.9 Å². The van der Waals surface area contributed by atoms with Crippen molar-refractivity contribution in [3.8, 4) is 0 Å². The Kier molecular flexibility index (Phi) is 4.86. The third-order valence-corrected chi connectivity index (χ3v) is 6.68. The van der Waals surface area contributed by atoms with Crippen molar-refractivity contribution < 1.29 is 17.6 Å². The molecule has 1 aliphatic rings. The van der Waals surface area contributed by atoms with Crippen LogP contribution in [0.15, 0.2) is 47.4 Å². The summed E-state index contributed by atoms with van der Waals surface area (Å²) >= 11 is 0. The molecule has 26 heavy (non-hydrogen) atoms. The van der Waals surface area contributed by atoms with Crippen LogP contribution in [0.2, 0.25) is 0 Å². The van der Waals surface area contributed by atoms with Crippen molar-refractivity contribution >= 4 is 21.6 Å². The van der Waals surface area contributed by atoms with Crippen molar-refractivity contribution in [3.63, 3.8) is 0 Å². The molecule has 1 saturated heterocycles. The molecule has 1 amide bonds. The van der Waals surface area contributed by atoms with Gasteiger partial charge in [0.15, 0.2) is 0 Å². The molecule has 138 valence electrons. The standard InChI is InChI=1S/C19H21FN2O3S/c1-13-4-8-17(9-5-13)26(24,25)22-11-10-21(19(23)15(22)3)16-7-6-14(2)18(20)12-16/h4-9,12,15H,10-11H2,1-3H3/t15-/m1/s1. The smallest absolute Gasteiger partial charge is 0.245 e. The molecule has 0 bridgehead atoms. The number of anilines is 1. The number of carbonyl (C=O) groups is 1. The Bertz CT molecular complexity index is 942. The second-order valence-electron chi connectivity index (χ2n) is 6.53. The quantitative estimate of drug-likeness (QED) is 0.828.